The van der Waals surface area contributed by atoms with Crippen molar-refractivity contribution in [1.82, 2.24) is 9.80 Å². The van der Waals surface area contributed by atoms with Crippen molar-refractivity contribution in [1.29, 1.82) is 0 Å². The number of nitrogens with zero attached hydrogens (tertiary/aromatic N) is 2. The molecule has 2 aliphatic heterocycles. The number of rotatable bonds is 7. The Bertz CT molecular complexity index is 1300. The zero-order valence-electron chi connectivity index (χ0n) is 23.1. The fourth-order valence-corrected chi connectivity index (χ4v) is 8.38. The number of phenolic OH excluding ortho intramolecular Hbond substituents is 1. The summed E-state index contributed by atoms with van der Waals surface area (Å²) in [5.41, 5.74) is 1.62. The number of carbonyl (C=O) groups excluding carboxylic acids is 1. The van der Waals surface area contributed by atoms with Gasteiger partial charge in [-0.05, 0) is 80.2 Å². The molecule has 2 saturated carbocycles. The third-order valence-electron chi connectivity index (χ3n) is 10.2. The second kappa shape index (κ2) is 9.10. The fourth-order valence-electron chi connectivity index (χ4n) is 8.38. The van der Waals surface area contributed by atoms with Gasteiger partial charge in [-0.2, -0.15) is 0 Å². The van der Waals surface area contributed by atoms with E-state index in [2.05, 4.69) is 18.7 Å². The zero-order chi connectivity index (χ0) is 26.9. The van der Waals surface area contributed by atoms with Gasteiger partial charge < -0.3 is 19.8 Å². The van der Waals surface area contributed by atoms with Crippen LogP contribution in [0.2, 0.25) is 0 Å². The molecule has 1 amide bonds. The maximum absolute atomic E-state index is 13.8. The highest BCUT2D eigenvalue weighted by atomic mass is 16.5. The summed E-state index contributed by atoms with van der Waals surface area (Å²) in [5, 5.41) is 23.7. The van der Waals surface area contributed by atoms with Crippen LogP contribution in [0.1, 0.15) is 62.6 Å². The predicted molar refractivity (Wildman–Crippen MR) is 151 cm³/mol. The summed E-state index contributed by atoms with van der Waals surface area (Å²) in [5.74, 6) is 1.69. The normalized spacial score (nSPS) is 32.8. The molecule has 5 atom stereocenters. The Morgan fingerprint density at radius 1 is 1.15 bits per heavy atom. The van der Waals surface area contributed by atoms with Crippen molar-refractivity contribution in [2.24, 2.45) is 11.8 Å². The Balaban J connectivity index is 1.29. The molecule has 1 saturated heterocycles. The summed E-state index contributed by atoms with van der Waals surface area (Å²) in [7, 11) is 0. The van der Waals surface area contributed by atoms with E-state index in [9.17, 15) is 15.0 Å². The summed E-state index contributed by atoms with van der Waals surface area (Å²) in [4.78, 5) is 18.4. The van der Waals surface area contributed by atoms with Crippen LogP contribution < -0.4 is 4.74 Å². The molecule has 0 aromatic heterocycles. The lowest BCUT2D eigenvalue weighted by Gasteiger charge is -2.65. The first-order valence-corrected chi connectivity index (χ1v) is 14.8. The lowest BCUT2D eigenvalue weighted by atomic mass is 9.48. The number of likely N-dealkylation sites (tertiary alicyclic amines) is 1. The summed E-state index contributed by atoms with van der Waals surface area (Å²) >= 11 is 0. The van der Waals surface area contributed by atoms with Crippen LogP contribution in [0.5, 0.6) is 11.5 Å². The van der Waals surface area contributed by atoms with Gasteiger partial charge in [0.2, 0.25) is 5.91 Å². The van der Waals surface area contributed by atoms with Crippen molar-refractivity contribution in [3.8, 4) is 11.5 Å². The fraction of sp³-hybridized carbons (Fsp3) is 0.545. The molecule has 6 heteroatoms. The summed E-state index contributed by atoms with van der Waals surface area (Å²) in [6.07, 6.45) is 8.62. The largest absolute Gasteiger partial charge is 0.504 e. The van der Waals surface area contributed by atoms with Gasteiger partial charge in [-0.25, -0.2) is 0 Å². The molecule has 1 spiro atoms. The molecule has 0 radical (unpaired) electrons. The standard InChI is InChI=1S/C33H40N2O4/c1-21(2)19-35(28(37)13-10-22-6-4-3-5-7-22)25-14-15-33(38)27-18-24-11-12-26(36)30-29(24)32(33,31(25)39-30)16-17-34(27)20-23-8-9-23/h3-7,10-13,21,23,25,27,31,36,38H,8-9,14-20H2,1-2H3/b13-10+/t25?,27-,31?,32+,33-/m1/s1. The molecule has 2 N–H and O–H groups in total. The maximum Gasteiger partial charge on any atom is 0.246 e. The molecule has 2 aromatic rings. The average molecular weight is 529 g/mol. The molecular formula is C33H40N2O4. The molecule has 7 rings (SSSR count). The van der Waals surface area contributed by atoms with E-state index < -0.39 is 17.1 Å². The molecule has 206 valence electrons. The summed E-state index contributed by atoms with van der Waals surface area (Å²) in [6, 6.07) is 13.5. The van der Waals surface area contributed by atoms with E-state index in [-0.39, 0.29) is 29.7 Å². The highest BCUT2D eigenvalue weighted by molar-refractivity contribution is 5.92. The highest BCUT2D eigenvalue weighted by Crippen LogP contribution is 2.66. The number of hydrogen-bond acceptors (Lipinski definition) is 5. The first kappa shape index (κ1) is 25.2. The summed E-state index contributed by atoms with van der Waals surface area (Å²) < 4.78 is 6.74. The van der Waals surface area contributed by atoms with Gasteiger partial charge >= 0.3 is 0 Å². The summed E-state index contributed by atoms with van der Waals surface area (Å²) in [6.45, 7) is 6.86. The molecular weight excluding hydrogens is 488 g/mol. The van der Waals surface area contributed by atoms with Gasteiger partial charge in [0, 0.05) is 30.8 Å². The quantitative estimate of drug-likeness (QED) is 0.517. The van der Waals surface area contributed by atoms with Crippen molar-refractivity contribution >= 4 is 12.0 Å². The third kappa shape index (κ3) is 3.78. The van der Waals surface area contributed by atoms with E-state index in [1.165, 1.54) is 18.4 Å². The topological polar surface area (TPSA) is 73.2 Å². The highest BCUT2D eigenvalue weighted by Gasteiger charge is 2.73. The van der Waals surface area contributed by atoms with Gasteiger partial charge in [-0.15, -0.1) is 0 Å². The number of phenols is 1. The second-order valence-corrected chi connectivity index (χ2v) is 13.0. The van der Waals surface area contributed by atoms with Crippen LogP contribution in [-0.4, -0.2) is 69.3 Å². The Morgan fingerprint density at radius 3 is 2.69 bits per heavy atom. The van der Waals surface area contributed by atoms with Crippen LogP contribution in [0.25, 0.3) is 6.08 Å². The molecule has 2 unspecified atom stereocenters. The molecule has 3 fully saturated rings. The Morgan fingerprint density at radius 2 is 1.95 bits per heavy atom. The van der Waals surface area contributed by atoms with Gasteiger partial charge in [-0.3, -0.25) is 9.69 Å². The number of piperidine rings is 1. The number of carbonyl (C=O) groups is 1. The van der Waals surface area contributed by atoms with Crippen LogP contribution in [0.15, 0.2) is 48.5 Å². The lowest BCUT2D eigenvalue weighted by Crippen LogP contribution is -2.78. The Kier molecular flexibility index (Phi) is 5.87. The number of aromatic hydroxyl groups is 1. The van der Waals surface area contributed by atoms with Crippen molar-refractivity contribution in [3.63, 3.8) is 0 Å². The van der Waals surface area contributed by atoms with Gasteiger partial charge in [0.1, 0.15) is 6.10 Å². The second-order valence-electron chi connectivity index (χ2n) is 13.0. The minimum atomic E-state index is -0.945. The zero-order valence-corrected chi connectivity index (χ0v) is 23.1. The molecule has 3 aliphatic carbocycles. The lowest BCUT2D eigenvalue weighted by molar-refractivity contribution is -0.201. The minimum Gasteiger partial charge on any atom is -0.504 e. The molecule has 39 heavy (non-hydrogen) atoms. The van der Waals surface area contributed by atoms with Crippen molar-refractivity contribution in [3.05, 3.63) is 65.2 Å². The number of benzene rings is 2. The van der Waals surface area contributed by atoms with E-state index in [1.807, 2.05) is 47.4 Å². The van der Waals surface area contributed by atoms with Crippen molar-refractivity contribution in [2.75, 3.05) is 19.6 Å². The first-order valence-electron chi connectivity index (χ1n) is 14.8. The van der Waals surface area contributed by atoms with E-state index in [1.54, 1.807) is 12.1 Å². The molecule has 2 heterocycles. The van der Waals surface area contributed by atoms with Gasteiger partial charge in [-0.1, -0.05) is 50.2 Å². The first-order chi connectivity index (χ1) is 18.8. The van der Waals surface area contributed by atoms with Crippen LogP contribution in [0.4, 0.5) is 0 Å². The molecule has 6 nitrogen and oxygen atoms in total. The molecule has 2 bridgehead atoms. The van der Waals surface area contributed by atoms with Gasteiger partial charge in [0.25, 0.3) is 0 Å². The van der Waals surface area contributed by atoms with E-state index in [0.29, 0.717) is 25.1 Å². The number of hydrogen-bond donors (Lipinski definition) is 2. The maximum atomic E-state index is 13.8. The number of aliphatic hydroxyl groups is 1. The monoisotopic (exact) mass is 528 g/mol. The van der Waals surface area contributed by atoms with Crippen LogP contribution in [-0.2, 0) is 16.6 Å². The number of ether oxygens (including phenoxy) is 1. The van der Waals surface area contributed by atoms with E-state index >= 15 is 0 Å². The van der Waals surface area contributed by atoms with Crippen LogP contribution >= 0.6 is 0 Å². The van der Waals surface area contributed by atoms with Crippen LogP contribution in [0.3, 0.4) is 0 Å². The molecule has 5 aliphatic rings. The SMILES string of the molecule is CC(C)CN(C(=O)/C=C/c1ccccc1)C1CC[C@@]2(O)[C@H]3Cc4ccc(O)c5c4[C@@]2(CCN3CC2CC2)C1O5. The van der Waals surface area contributed by atoms with E-state index in [4.69, 9.17) is 4.74 Å². The van der Waals surface area contributed by atoms with E-state index in [0.717, 1.165) is 43.0 Å². The molecule has 2 aromatic carbocycles. The Labute approximate surface area is 231 Å². The smallest absolute Gasteiger partial charge is 0.246 e. The van der Waals surface area contributed by atoms with Crippen molar-refractivity contribution < 1.29 is 19.7 Å². The predicted octanol–water partition coefficient (Wildman–Crippen LogP) is 4.52. The average Bonchev–Trinajstić information content (AvgIpc) is 3.67. The Hall–Kier alpha value is -2.83. The van der Waals surface area contributed by atoms with Crippen molar-refractivity contribution in [2.45, 2.75) is 81.6 Å². The van der Waals surface area contributed by atoms with Gasteiger partial charge in [0.15, 0.2) is 11.5 Å². The van der Waals surface area contributed by atoms with Crippen LogP contribution in [0, 0.1) is 11.8 Å². The number of amides is 1. The third-order valence-corrected chi connectivity index (χ3v) is 10.2. The minimum absolute atomic E-state index is 0.0260. The van der Waals surface area contributed by atoms with Gasteiger partial charge in [0.05, 0.1) is 17.1 Å².